The van der Waals surface area contributed by atoms with E-state index < -0.39 is 23.8 Å². The number of fused-ring (bicyclic) bond motifs is 1. The van der Waals surface area contributed by atoms with Crippen LogP contribution in [0, 0.1) is 5.92 Å². The lowest BCUT2D eigenvalue weighted by Crippen LogP contribution is -2.50. The summed E-state index contributed by atoms with van der Waals surface area (Å²) < 4.78 is 11.1. The number of aliphatic carboxylic acids is 1. The van der Waals surface area contributed by atoms with Crippen LogP contribution in [0.15, 0.2) is 12.1 Å². The second-order valence-corrected chi connectivity index (χ2v) is 11.2. The normalized spacial score (nSPS) is 22.4. The van der Waals surface area contributed by atoms with E-state index >= 15 is 0 Å². The first-order valence-corrected chi connectivity index (χ1v) is 14.8. The molecule has 1 aromatic rings. The Kier molecular flexibility index (Phi) is 10.7. The Labute approximate surface area is 241 Å². The average Bonchev–Trinajstić information content (AvgIpc) is 3.58. The molecule has 41 heavy (non-hydrogen) atoms. The van der Waals surface area contributed by atoms with E-state index in [0.717, 1.165) is 24.8 Å². The van der Waals surface area contributed by atoms with Gasteiger partial charge in [0, 0.05) is 63.8 Å². The van der Waals surface area contributed by atoms with Crippen molar-refractivity contribution in [3.63, 3.8) is 0 Å². The fourth-order valence-corrected chi connectivity index (χ4v) is 6.32. The number of carbonyl (C=O) groups is 3. The van der Waals surface area contributed by atoms with E-state index in [2.05, 4.69) is 6.92 Å². The molecule has 4 N–H and O–H groups in total. The number of carboxylic acids is 1. The van der Waals surface area contributed by atoms with Crippen LogP contribution in [0.5, 0.6) is 11.5 Å². The Bertz CT molecular complexity index is 1080. The maximum atomic E-state index is 13.6. The molecule has 0 spiro atoms. The maximum absolute atomic E-state index is 13.6. The van der Waals surface area contributed by atoms with E-state index in [1.54, 1.807) is 29.0 Å². The van der Waals surface area contributed by atoms with Gasteiger partial charge in [0.25, 0.3) is 0 Å². The van der Waals surface area contributed by atoms with Crippen LogP contribution in [-0.2, 0) is 16.2 Å². The summed E-state index contributed by atoms with van der Waals surface area (Å²) in [5, 5.41) is 20.5. The number of unbranched alkanes of at least 4 members (excludes halogenated alkanes) is 1. The van der Waals surface area contributed by atoms with Crippen molar-refractivity contribution < 1.29 is 34.1 Å². The van der Waals surface area contributed by atoms with Gasteiger partial charge < -0.3 is 40.1 Å². The fraction of sp³-hybridized carbons (Fsp3) is 0.690. The third-order valence-electron chi connectivity index (χ3n) is 8.52. The number of nitrogens with two attached hydrogens (primary N) is 1. The van der Waals surface area contributed by atoms with Gasteiger partial charge in [-0.25, -0.2) is 4.79 Å². The molecule has 3 heterocycles. The molecule has 3 atom stereocenters. The molecule has 0 unspecified atom stereocenters. The van der Waals surface area contributed by atoms with E-state index in [1.165, 1.54) is 0 Å². The quantitative estimate of drug-likeness (QED) is 0.300. The average molecular weight is 576 g/mol. The van der Waals surface area contributed by atoms with Crippen LogP contribution in [0.3, 0.4) is 0 Å². The van der Waals surface area contributed by atoms with Crippen LogP contribution >= 0.6 is 0 Å². The van der Waals surface area contributed by atoms with Crippen molar-refractivity contribution in [3.05, 3.63) is 23.3 Å². The van der Waals surface area contributed by atoms with Crippen molar-refractivity contribution in [2.75, 3.05) is 66.2 Å². The monoisotopic (exact) mass is 575 g/mol. The summed E-state index contributed by atoms with van der Waals surface area (Å²) in [5.74, 6) is -1.30. The van der Waals surface area contributed by atoms with Crippen LogP contribution in [0.25, 0.3) is 0 Å². The number of aliphatic hydroxyl groups excluding tert-OH is 1. The molecule has 2 fully saturated rings. The van der Waals surface area contributed by atoms with Crippen LogP contribution < -0.4 is 15.2 Å². The highest BCUT2D eigenvalue weighted by Crippen LogP contribution is 2.44. The molecule has 12 nitrogen and oxygen atoms in total. The van der Waals surface area contributed by atoms with Crippen molar-refractivity contribution in [2.24, 2.45) is 11.7 Å². The molecule has 0 radical (unpaired) electrons. The summed E-state index contributed by atoms with van der Waals surface area (Å²) in [6.45, 7) is 5.71. The van der Waals surface area contributed by atoms with Gasteiger partial charge in [0.15, 0.2) is 11.5 Å². The minimum atomic E-state index is -0.953. The first-order chi connectivity index (χ1) is 19.8. The van der Waals surface area contributed by atoms with Crippen LogP contribution in [0.1, 0.15) is 56.1 Å². The van der Waals surface area contributed by atoms with Crippen molar-refractivity contribution >= 4 is 17.9 Å². The van der Waals surface area contributed by atoms with Gasteiger partial charge in [-0.3, -0.25) is 14.5 Å². The molecule has 0 aromatic heterocycles. The topological polar surface area (TPSA) is 149 Å². The molecule has 2 saturated heterocycles. The van der Waals surface area contributed by atoms with Crippen LogP contribution in [-0.4, -0.2) is 120 Å². The first kappa shape index (κ1) is 30.9. The molecule has 3 amide bonds. The van der Waals surface area contributed by atoms with E-state index in [4.69, 9.17) is 15.2 Å². The van der Waals surface area contributed by atoms with Gasteiger partial charge in [0.2, 0.25) is 12.7 Å². The molecule has 3 aliphatic rings. The molecular weight excluding hydrogens is 530 g/mol. The van der Waals surface area contributed by atoms with Crippen molar-refractivity contribution in [2.45, 2.75) is 57.6 Å². The zero-order chi connectivity index (χ0) is 29.5. The molecule has 1 aromatic carbocycles. The van der Waals surface area contributed by atoms with E-state index in [1.807, 2.05) is 9.80 Å². The van der Waals surface area contributed by atoms with Gasteiger partial charge >= 0.3 is 12.0 Å². The highest BCUT2D eigenvalue weighted by Gasteiger charge is 2.48. The Morgan fingerprint density at radius 2 is 1.95 bits per heavy atom. The molecule has 228 valence electrons. The first-order valence-electron chi connectivity index (χ1n) is 14.8. The molecule has 0 aliphatic carbocycles. The maximum Gasteiger partial charge on any atom is 0.319 e. The number of rotatable bonds is 14. The summed E-state index contributed by atoms with van der Waals surface area (Å²) >= 11 is 0. The van der Waals surface area contributed by atoms with E-state index in [-0.39, 0.29) is 31.9 Å². The van der Waals surface area contributed by atoms with Crippen molar-refractivity contribution in [1.82, 2.24) is 19.6 Å². The highest BCUT2D eigenvalue weighted by atomic mass is 16.7. The largest absolute Gasteiger partial charge is 0.481 e. The number of carbonyl (C=O) groups excluding carboxylic acids is 2. The Balaban J connectivity index is 1.62. The van der Waals surface area contributed by atoms with Gasteiger partial charge in [-0.05, 0) is 49.9 Å². The van der Waals surface area contributed by atoms with Gasteiger partial charge in [-0.2, -0.15) is 0 Å². The standard InChI is InChI=1S/C29H45N5O7/c1-3-4-10-32(11-5-8-30)25(36)17-34-16-22(20-14-21(18-35)27-24(15-20)40-19-41-27)26(28(37)38)23(34)7-13-33-12-6-9-31(2)29(33)39/h14-15,22-23,26,35H,3-13,16-19,30H2,1-2H3,(H,37,38)/t22-,23+,26-/m1/s1. The number of hydrogen-bond acceptors (Lipinski definition) is 8. The Hall–Kier alpha value is -3.09. The lowest BCUT2D eigenvalue weighted by molar-refractivity contribution is -0.144. The lowest BCUT2D eigenvalue weighted by Gasteiger charge is -2.35. The third-order valence-corrected chi connectivity index (χ3v) is 8.52. The van der Waals surface area contributed by atoms with Crippen molar-refractivity contribution in [3.8, 4) is 11.5 Å². The fourth-order valence-electron chi connectivity index (χ4n) is 6.32. The van der Waals surface area contributed by atoms with Gasteiger partial charge in [0.1, 0.15) is 0 Å². The summed E-state index contributed by atoms with van der Waals surface area (Å²) in [7, 11) is 1.77. The summed E-state index contributed by atoms with van der Waals surface area (Å²) in [4.78, 5) is 46.5. The number of nitrogens with zero attached hydrogens (tertiary/aromatic N) is 4. The smallest absolute Gasteiger partial charge is 0.319 e. The highest BCUT2D eigenvalue weighted by molar-refractivity contribution is 5.79. The number of carboxylic acid groups (broad SMARTS) is 1. The SMILES string of the molecule is CCCCN(CCCN)C(=O)CN1C[C@H](c2cc(CO)c3c(c2)OCO3)[C@@H](C(=O)O)[C@@H]1CCN1CCCN(C)C1=O. The minimum absolute atomic E-state index is 0.0385. The van der Waals surface area contributed by atoms with Crippen molar-refractivity contribution in [1.29, 1.82) is 0 Å². The number of aliphatic hydroxyl groups is 1. The number of amides is 3. The molecule has 0 bridgehead atoms. The lowest BCUT2D eigenvalue weighted by atomic mass is 9.83. The predicted molar refractivity (Wildman–Crippen MR) is 152 cm³/mol. The predicted octanol–water partition coefficient (Wildman–Crippen LogP) is 1.50. The molecule has 12 heteroatoms. The second kappa shape index (κ2) is 14.2. The summed E-state index contributed by atoms with van der Waals surface area (Å²) in [6.07, 6.45) is 3.82. The Morgan fingerprint density at radius 3 is 2.66 bits per heavy atom. The van der Waals surface area contributed by atoms with Crippen LogP contribution in [0.4, 0.5) is 4.79 Å². The number of likely N-dealkylation sites (tertiary alicyclic amines) is 1. The van der Waals surface area contributed by atoms with E-state index in [9.17, 15) is 24.6 Å². The number of hydrogen-bond donors (Lipinski definition) is 3. The molecular formula is C29H45N5O7. The zero-order valence-corrected chi connectivity index (χ0v) is 24.3. The van der Waals surface area contributed by atoms with Gasteiger partial charge in [-0.1, -0.05) is 13.3 Å². The minimum Gasteiger partial charge on any atom is -0.481 e. The summed E-state index contributed by atoms with van der Waals surface area (Å²) in [6, 6.07) is 3.06. The van der Waals surface area contributed by atoms with Crippen LogP contribution in [0.2, 0.25) is 0 Å². The third kappa shape index (κ3) is 7.04. The van der Waals surface area contributed by atoms with E-state index in [0.29, 0.717) is 75.7 Å². The van der Waals surface area contributed by atoms with Gasteiger partial charge in [0.05, 0.1) is 19.1 Å². The second-order valence-electron chi connectivity index (χ2n) is 11.2. The molecule has 4 rings (SSSR count). The molecule has 3 aliphatic heterocycles. The Morgan fingerprint density at radius 1 is 1.17 bits per heavy atom. The zero-order valence-electron chi connectivity index (χ0n) is 24.3. The number of ether oxygens (including phenoxy) is 2. The molecule has 0 saturated carbocycles. The number of benzene rings is 1. The number of urea groups is 1. The van der Waals surface area contributed by atoms with Gasteiger partial charge in [-0.15, -0.1) is 0 Å². The summed E-state index contributed by atoms with van der Waals surface area (Å²) in [5.41, 5.74) is 7.00.